The number of amides is 1. The maximum Gasteiger partial charge on any atom is 0.239 e. The molecular weight excluding hydrogens is 289 g/mol. The normalized spacial score (nSPS) is 12.5. The van der Waals surface area contributed by atoms with E-state index in [1.54, 1.807) is 14.0 Å². The number of nitrogens with zero attached hydrogens (tertiary/aromatic N) is 2. The van der Waals surface area contributed by atoms with Gasteiger partial charge in [-0.2, -0.15) is 0 Å². The van der Waals surface area contributed by atoms with Crippen LogP contribution in [0.15, 0.2) is 12.3 Å². The quantitative estimate of drug-likeness (QED) is 0.844. The van der Waals surface area contributed by atoms with Gasteiger partial charge in [0.2, 0.25) is 5.91 Å². The zero-order valence-electron chi connectivity index (χ0n) is 10.9. The van der Waals surface area contributed by atoms with E-state index in [2.05, 4.69) is 10.3 Å². The van der Waals surface area contributed by atoms with Crippen molar-refractivity contribution in [1.82, 2.24) is 9.88 Å². The van der Waals surface area contributed by atoms with Gasteiger partial charge in [-0.1, -0.05) is 23.2 Å². The van der Waals surface area contributed by atoms with E-state index in [4.69, 9.17) is 28.3 Å². The lowest BCUT2D eigenvalue weighted by Gasteiger charge is -2.17. The van der Waals surface area contributed by atoms with Crippen LogP contribution in [0.4, 0.5) is 5.82 Å². The monoisotopic (exact) mass is 305 g/mol. The predicted octanol–water partition coefficient (Wildman–Crippen LogP) is 2.03. The van der Waals surface area contributed by atoms with Crippen molar-refractivity contribution in [2.24, 2.45) is 0 Å². The van der Waals surface area contributed by atoms with Crippen molar-refractivity contribution >= 4 is 34.9 Å². The molecule has 1 unspecified atom stereocenters. The number of rotatable bonds is 6. The summed E-state index contributed by atoms with van der Waals surface area (Å²) in [6, 6.07) is 1.52. The minimum atomic E-state index is -0.377. The molecule has 0 radical (unpaired) electrons. The number of likely N-dealkylation sites (N-methyl/N-ethyl adjacent to an activating group) is 1. The molecule has 0 aliphatic carbocycles. The SMILES string of the molecule is CC(O)CCN(C)CC(=O)Nc1ncc(Cl)cc1Cl. The Morgan fingerprint density at radius 1 is 1.58 bits per heavy atom. The second-order valence-electron chi connectivity index (χ2n) is 4.41. The van der Waals surface area contributed by atoms with Gasteiger partial charge in [0.25, 0.3) is 0 Å². The van der Waals surface area contributed by atoms with Gasteiger partial charge in [-0.25, -0.2) is 4.98 Å². The smallest absolute Gasteiger partial charge is 0.239 e. The van der Waals surface area contributed by atoms with Gasteiger partial charge in [-0.15, -0.1) is 0 Å². The van der Waals surface area contributed by atoms with Crippen molar-refractivity contribution in [2.45, 2.75) is 19.4 Å². The Labute approximate surface area is 122 Å². The number of carbonyl (C=O) groups excluding carboxylic acids is 1. The van der Waals surface area contributed by atoms with Gasteiger partial charge in [0.1, 0.15) is 0 Å². The Balaban J connectivity index is 2.46. The van der Waals surface area contributed by atoms with Crippen LogP contribution in [0.5, 0.6) is 0 Å². The summed E-state index contributed by atoms with van der Waals surface area (Å²) in [5.74, 6) is 0.0739. The second-order valence-corrected chi connectivity index (χ2v) is 5.25. The molecule has 106 valence electrons. The van der Waals surface area contributed by atoms with E-state index < -0.39 is 0 Å². The van der Waals surface area contributed by atoms with Gasteiger partial charge in [0, 0.05) is 12.7 Å². The summed E-state index contributed by atoms with van der Waals surface area (Å²) in [5, 5.41) is 12.5. The summed E-state index contributed by atoms with van der Waals surface area (Å²) >= 11 is 11.6. The number of nitrogens with one attached hydrogen (secondary N) is 1. The fraction of sp³-hybridized carbons (Fsp3) is 0.500. The van der Waals surface area contributed by atoms with Gasteiger partial charge in [0.05, 0.1) is 22.7 Å². The highest BCUT2D eigenvalue weighted by Crippen LogP contribution is 2.22. The molecule has 0 aromatic carbocycles. The fourth-order valence-corrected chi connectivity index (χ4v) is 1.84. The van der Waals surface area contributed by atoms with Crippen molar-refractivity contribution in [3.05, 3.63) is 22.3 Å². The minimum absolute atomic E-state index is 0.202. The first-order valence-corrected chi connectivity index (χ1v) is 6.61. The standard InChI is InChI=1S/C12H17Cl2N3O2/c1-8(18)3-4-17(2)7-11(19)16-12-10(14)5-9(13)6-15-12/h5-6,8,18H,3-4,7H2,1-2H3,(H,15,16,19). The highest BCUT2D eigenvalue weighted by atomic mass is 35.5. The Kier molecular flexibility index (Phi) is 6.51. The van der Waals surface area contributed by atoms with Crippen LogP contribution in [-0.4, -0.2) is 47.1 Å². The number of hydrogen-bond donors (Lipinski definition) is 2. The van der Waals surface area contributed by atoms with E-state index in [9.17, 15) is 4.79 Å². The summed E-state index contributed by atoms with van der Waals surface area (Å²) in [4.78, 5) is 17.5. The molecule has 0 spiro atoms. The highest BCUT2D eigenvalue weighted by Gasteiger charge is 2.10. The molecule has 19 heavy (non-hydrogen) atoms. The average Bonchev–Trinajstić information content (AvgIpc) is 2.30. The van der Waals surface area contributed by atoms with Crippen LogP contribution < -0.4 is 5.32 Å². The number of aliphatic hydroxyl groups excluding tert-OH is 1. The zero-order chi connectivity index (χ0) is 14.4. The number of aromatic nitrogens is 1. The first-order valence-electron chi connectivity index (χ1n) is 5.86. The lowest BCUT2D eigenvalue weighted by molar-refractivity contribution is -0.117. The Morgan fingerprint density at radius 3 is 2.84 bits per heavy atom. The topological polar surface area (TPSA) is 65.5 Å². The molecule has 0 saturated carbocycles. The molecule has 1 atom stereocenters. The zero-order valence-corrected chi connectivity index (χ0v) is 12.4. The summed E-state index contributed by atoms with van der Waals surface area (Å²) in [5.41, 5.74) is 0. The van der Waals surface area contributed by atoms with Crippen molar-refractivity contribution in [3.63, 3.8) is 0 Å². The Hall–Kier alpha value is -0.880. The molecule has 0 bridgehead atoms. The largest absolute Gasteiger partial charge is 0.393 e. The van der Waals surface area contributed by atoms with Gasteiger partial charge in [0.15, 0.2) is 5.82 Å². The number of anilines is 1. The maximum atomic E-state index is 11.8. The minimum Gasteiger partial charge on any atom is -0.393 e. The molecule has 0 fully saturated rings. The lowest BCUT2D eigenvalue weighted by atomic mass is 10.3. The van der Waals surface area contributed by atoms with Crippen molar-refractivity contribution in [1.29, 1.82) is 0 Å². The molecule has 1 aromatic rings. The molecule has 1 heterocycles. The molecule has 2 N–H and O–H groups in total. The van der Waals surface area contributed by atoms with Crippen LogP contribution in [0, 0.1) is 0 Å². The third-order valence-corrected chi connectivity index (χ3v) is 2.90. The second kappa shape index (κ2) is 7.65. The summed E-state index contributed by atoms with van der Waals surface area (Å²) in [6.07, 6.45) is 1.65. The van der Waals surface area contributed by atoms with Crippen LogP contribution in [0.2, 0.25) is 10.0 Å². The van der Waals surface area contributed by atoms with Gasteiger partial charge < -0.3 is 10.4 Å². The van der Waals surface area contributed by atoms with E-state index in [-0.39, 0.29) is 18.6 Å². The Morgan fingerprint density at radius 2 is 2.26 bits per heavy atom. The summed E-state index contributed by atoms with van der Waals surface area (Å²) < 4.78 is 0. The molecular formula is C12H17Cl2N3O2. The molecule has 1 amide bonds. The van der Waals surface area contributed by atoms with Crippen LogP contribution in [0.1, 0.15) is 13.3 Å². The van der Waals surface area contributed by atoms with E-state index in [0.717, 1.165) is 0 Å². The number of carbonyl (C=O) groups is 1. The number of aliphatic hydroxyl groups is 1. The molecule has 5 nitrogen and oxygen atoms in total. The van der Waals surface area contributed by atoms with E-state index in [1.807, 2.05) is 4.90 Å². The first-order chi connectivity index (χ1) is 8.88. The lowest BCUT2D eigenvalue weighted by Crippen LogP contribution is -2.32. The molecule has 0 saturated heterocycles. The van der Waals surface area contributed by atoms with Gasteiger partial charge >= 0.3 is 0 Å². The summed E-state index contributed by atoms with van der Waals surface area (Å²) in [6.45, 7) is 2.55. The fourth-order valence-electron chi connectivity index (χ4n) is 1.41. The highest BCUT2D eigenvalue weighted by molar-refractivity contribution is 6.36. The Bertz CT molecular complexity index is 441. The van der Waals surface area contributed by atoms with Crippen LogP contribution in [-0.2, 0) is 4.79 Å². The van der Waals surface area contributed by atoms with Gasteiger partial charge in [-0.05, 0) is 26.5 Å². The molecule has 0 aliphatic rings. The van der Waals surface area contributed by atoms with Crippen molar-refractivity contribution < 1.29 is 9.90 Å². The van der Waals surface area contributed by atoms with E-state index in [0.29, 0.717) is 28.8 Å². The van der Waals surface area contributed by atoms with Crippen LogP contribution in [0.3, 0.4) is 0 Å². The molecule has 7 heteroatoms. The summed E-state index contributed by atoms with van der Waals surface area (Å²) in [7, 11) is 1.80. The van der Waals surface area contributed by atoms with Gasteiger partial charge in [-0.3, -0.25) is 9.69 Å². The van der Waals surface area contributed by atoms with Crippen molar-refractivity contribution in [2.75, 3.05) is 25.5 Å². The number of halogens is 2. The predicted molar refractivity (Wildman–Crippen MR) is 76.7 cm³/mol. The van der Waals surface area contributed by atoms with E-state index >= 15 is 0 Å². The third-order valence-electron chi connectivity index (χ3n) is 2.41. The molecule has 0 aliphatic heterocycles. The maximum absolute atomic E-state index is 11.8. The van der Waals surface area contributed by atoms with E-state index in [1.165, 1.54) is 12.3 Å². The molecule has 1 aromatic heterocycles. The average molecular weight is 306 g/mol. The number of pyridine rings is 1. The van der Waals surface area contributed by atoms with Crippen molar-refractivity contribution in [3.8, 4) is 0 Å². The molecule has 1 rings (SSSR count). The van der Waals surface area contributed by atoms with Crippen LogP contribution in [0.25, 0.3) is 0 Å². The number of hydrogen-bond acceptors (Lipinski definition) is 4. The van der Waals surface area contributed by atoms with Crippen LogP contribution >= 0.6 is 23.2 Å². The third kappa shape index (κ3) is 6.20. The first kappa shape index (κ1) is 16.2.